The normalized spacial score (nSPS) is 25.4. The number of sulfonamides is 1. The van der Waals surface area contributed by atoms with Crippen molar-refractivity contribution < 1.29 is 13.2 Å². The van der Waals surface area contributed by atoms with E-state index in [1.165, 1.54) is 4.31 Å². The lowest BCUT2D eigenvalue weighted by Gasteiger charge is -2.36. The van der Waals surface area contributed by atoms with E-state index in [4.69, 9.17) is 4.74 Å². The molecule has 4 nitrogen and oxygen atoms in total. The summed E-state index contributed by atoms with van der Waals surface area (Å²) in [6, 6.07) is 6.92. The molecular weight excluding hydrogens is 330 g/mol. The number of rotatable bonds is 3. The van der Waals surface area contributed by atoms with Crippen LogP contribution in [0.5, 0.6) is 0 Å². The fourth-order valence-electron chi connectivity index (χ4n) is 2.26. The summed E-state index contributed by atoms with van der Waals surface area (Å²) in [6.45, 7) is 2.43. The quantitative estimate of drug-likeness (QED) is 0.789. The van der Waals surface area contributed by atoms with Crippen molar-refractivity contribution in [3.63, 3.8) is 0 Å². The monoisotopic (exact) mass is 347 g/mol. The van der Waals surface area contributed by atoms with Gasteiger partial charge in [-0.1, -0.05) is 33.6 Å². The highest BCUT2D eigenvalue weighted by atomic mass is 79.9. The predicted molar refractivity (Wildman–Crippen MR) is 77.8 cm³/mol. The van der Waals surface area contributed by atoms with Crippen LogP contribution < -0.4 is 0 Å². The van der Waals surface area contributed by atoms with Gasteiger partial charge < -0.3 is 4.74 Å². The van der Waals surface area contributed by atoms with Crippen molar-refractivity contribution in [1.29, 1.82) is 0 Å². The number of piperidine rings is 1. The van der Waals surface area contributed by atoms with Crippen molar-refractivity contribution in [3.8, 4) is 0 Å². The Labute approximate surface area is 122 Å². The third kappa shape index (κ3) is 3.02. The lowest BCUT2D eigenvalue weighted by Crippen LogP contribution is -2.49. The van der Waals surface area contributed by atoms with E-state index in [-0.39, 0.29) is 4.83 Å². The molecule has 19 heavy (non-hydrogen) atoms. The molecule has 0 aromatic heterocycles. The smallest absolute Gasteiger partial charge is 0.245 e. The number of hydrogen-bond acceptors (Lipinski definition) is 3. The molecule has 0 amide bonds. The van der Waals surface area contributed by atoms with Crippen LogP contribution in [0.25, 0.3) is 0 Å². The van der Waals surface area contributed by atoms with Gasteiger partial charge in [0.05, 0.1) is 9.72 Å². The number of halogens is 1. The first-order chi connectivity index (χ1) is 8.96. The summed E-state index contributed by atoms with van der Waals surface area (Å²) in [7, 11) is -1.95. The van der Waals surface area contributed by atoms with Crippen LogP contribution in [0.15, 0.2) is 29.2 Å². The molecule has 0 aliphatic carbocycles. The number of benzene rings is 1. The lowest BCUT2D eigenvalue weighted by atomic mass is 10.1. The Kier molecular flexibility index (Phi) is 4.66. The van der Waals surface area contributed by atoms with Crippen molar-refractivity contribution in [2.75, 3.05) is 13.7 Å². The fourth-order valence-corrected chi connectivity index (χ4v) is 4.87. The molecule has 1 aliphatic heterocycles. The second-order valence-electron chi connectivity index (χ2n) is 4.71. The van der Waals surface area contributed by atoms with Crippen LogP contribution in [0, 0.1) is 6.92 Å². The van der Waals surface area contributed by atoms with E-state index in [9.17, 15) is 8.42 Å². The van der Waals surface area contributed by atoms with E-state index in [0.717, 1.165) is 18.4 Å². The third-order valence-electron chi connectivity index (χ3n) is 3.32. The fraction of sp³-hybridized carbons (Fsp3) is 0.538. The average molecular weight is 348 g/mol. The zero-order valence-electron chi connectivity index (χ0n) is 11.0. The first-order valence-electron chi connectivity index (χ1n) is 6.22. The van der Waals surface area contributed by atoms with Gasteiger partial charge in [-0.15, -0.1) is 0 Å². The van der Waals surface area contributed by atoms with Crippen LogP contribution in [-0.2, 0) is 14.8 Å². The SMILES string of the molecule is COC1C(Br)CCCN1S(=O)(=O)c1ccc(C)cc1. The molecular formula is C13H18BrNO3S. The summed E-state index contributed by atoms with van der Waals surface area (Å²) in [6.07, 6.45) is 1.30. The number of hydrogen-bond donors (Lipinski definition) is 0. The minimum Gasteiger partial charge on any atom is -0.364 e. The standard InChI is InChI=1S/C13H18BrNO3S/c1-10-5-7-11(8-6-10)19(16,17)15-9-3-4-12(14)13(15)18-2/h5-8,12-13H,3-4,9H2,1-2H3. The molecule has 1 aliphatic rings. The molecule has 0 radical (unpaired) electrons. The second kappa shape index (κ2) is 5.91. The van der Waals surface area contributed by atoms with E-state index in [1.54, 1.807) is 19.2 Å². The van der Waals surface area contributed by atoms with Gasteiger partial charge in [0.15, 0.2) is 0 Å². The summed E-state index contributed by atoms with van der Waals surface area (Å²) >= 11 is 3.50. The molecule has 1 aromatic carbocycles. The third-order valence-corrected chi connectivity index (χ3v) is 6.11. The first-order valence-corrected chi connectivity index (χ1v) is 8.58. The molecule has 0 bridgehead atoms. The number of ether oxygens (including phenoxy) is 1. The summed E-state index contributed by atoms with van der Waals surface area (Å²) in [4.78, 5) is 0.355. The molecule has 0 N–H and O–H groups in total. The zero-order chi connectivity index (χ0) is 14.0. The molecule has 106 valence electrons. The molecule has 2 rings (SSSR count). The van der Waals surface area contributed by atoms with Crippen molar-refractivity contribution in [2.24, 2.45) is 0 Å². The summed E-state index contributed by atoms with van der Waals surface area (Å²) in [5, 5.41) is 0. The molecule has 1 aromatic rings. The first kappa shape index (κ1) is 15.0. The maximum Gasteiger partial charge on any atom is 0.245 e. The molecule has 2 unspecified atom stereocenters. The molecule has 6 heteroatoms. The molecule has 0 saturated carbocycles. The average Bonchev–Trinajstić information content (AvgIpc) is 2.39. The Morgan fingerprint density at radius 2 is 1.95 bits per heavy atom. The molecule has 0 spiro atoms. The van der Waals surface area contributed by atoms with Crippen LogP contribution in [0.1, 0.15) is 18.4 Å². The Balaban J connectivity index is 2.35. The summed E-state index contributed by atoms with van der Waals surface area (Å²) in [5.41, 5.74) is 1.04. The topological polar surface area (TPSA) is 46.6 Å². The zero-order valence-corrected chi connectivity index (χ0v) is 13.4. The highest BCUT2D eigenvalue weighted by molar-refractivity contribution is 9.09. The van der Waals surface area contributed by atoms with E-state index in [0.29, 0.717) is 11.4 Å². The van der Waals surface area contributed by atoms with Crippen LogP contribution in [0.4, 0.5) is 0 Å². The number of nitrogens with zero attached hydrogens (tertiary/aromatic N) is 1. The van der Waals surface area contributed by atoms with Gasteiger partial charge in [0.1, 0.15) is 6.23 Å². The van der Waals surface area contributed by atoms with Crippen LogP contribution >= 0.6 is 15.9 Å². The van der Waals surface area contributed by atoms with E-state index in [2.05, 4.69) is 15.9 Å². The van der Waals surface area contributed by atoms with Gasteiger partial charge in [0, 0.05) is 13.7 Å². The number of methoxy groups -OCH3 is 1. The highest BCUT2D eigenvalue weighted by Gasteiger charge is 2.38. The number of alkyl halides is 1. The van der Waals surface area contributed by atoms with Gasteiger partial charge in [-0.25, -0.2) is 8.42 Å². The maximum atomic E-state index is 12.6. The van der Waals surface area contributed by atoms with Gasteiger partial charge in [0.25, 0.3) is 0 Å². The highest BCUT2D eigenvalue weighted by Crippen LogP contribution is 2.29. The van der Waals surface area contributed by atoms with Gasteiger partial charge in [-0.05, 0) is 31.9 Å². The van der Waals surface area contributed by atoms with Gasteiger partial charge >= 0.3 is 0 Å². The van der Waals surface area contributed by atoms with Gasteiger partial charge in [0.2, 0.25) is 10.0 Å². The predicted octanol–water partition coefficient (Wildman–Crippen LogP) is 2.52. The van der Waals surface area contributed by atoms with Crippen LogP contribution in [0.3, 0.4) is 0 Å². The number of aryl methyl sites for hydroxylation is 1. The van der Waals surface area contributed by atoms with Crippen molar-refractivity contribution in [3.05, 3.63) is 29.8 Å². The van der Waals surface area contributed by atoms with E-state index < -0.39 is 16.3 Å². The van der Waals surface area contributed by atoms with E-state index in [1.807, 2.05) is 19.1 Å². The minimum absolute atomic E-state index is 0.0338. The molecule has 1 heterocycles. The van der Waals surface area contributed by atoms with Gasteiger partial charge in [-0.3, -0.25) is 0 Å². The second-order valence-corrected chi connectivity index (χ2v) is 7.78. The Bertz CT molecular complexity index is 529. The maximum absolute atomic E-state index is 12.6. The Morgan fingerprint density at radius 1 is 1.32 bits per heavy atom. The minimum atomic E-state index is -3.49. The largest absolute Gasteiger partial charge is 0.364 e. The molecule has 2 atom stereocenters. The van der Waals surface area contributed by atoms with Gasteiger partial charge in [-0.2, -0.15) is 4.31 Å². The van der Waals surface area contributed by atoms with Crippen LogP contribution in [-0.4, -0.2) is 37.4 Å². The molecule has 1 saturated heterocycles. The van der Waals surface area contributed by atoms with Crippen LogP contribution in [0.2, 0.25) is 0 Å². The van der Waals surface area contributed by atoms with Crippen molar-refractivity contribution in [2.45, 2.75) is 35.7 Å². The summed E-state index contributed by atoms with van der Waals surface area (Å²) < 4.78 is 32.1. The van der Waals surface area contributed by atoms with E-state index >= 15 is 0 Å². The Morgan fingerprint density at radius 3 is 2.53 bits per heavy atom. The lowest BCUT2D eigenvalue weighted by molar-refractivity contribution is -0.00116. The van der Waals surface area contributed by atoms with Crippen molar-refractivity contribution in [1.82, 2.24) is 4.31 Å². The summed E-state index contributed by atoms with van der Waals surface area (Å²) in [5.74, 6) is 0. The van der Waals surface area contributed by atoms with Crippen molar-refractivity contribution >= 4 is 26.0 Å². The molecule has 1 fully saturated rings. The Hall–Kier alpha value is -0.430.